The highest BCUT2D eigenvalue weighted by Gasteiger charge is 2.26. The van der Waals surface area contributed by atoms with E-state index in [1.54, 1.807) is 20.8 Å². The quantitative estimate of drug-likeness (QED) is 0.679. The van der Waals surface area contributed by atoms with Gasteiger partial charge in [-0.25, -0.2) is 9.18 Å². The smallest absolute Gasteiger partial charge is 0.354 e. The van der Waals surface area contributed by atoms with Gasteiger partial charge in [-0.1, -0.05) is 0 Å². The molecule has 23 heavy (non-hydrogen) atoms. The number of esters is 1. The van der Waals surface area contributed by atoms with E-state index in [1.807, 2.05) is 0 Å². The van der Waals surface area contributed by atoms with Crippen LogP contribution >= 0.6 is 0 Å². The number of ketones is 1. The second-order valence-electron chi connectivity index (χ2n) is 5.19. The third-order valence-electron chi connectivity index (χ3n) is 3.57. The van der Waals surface area contributed by atoms with Gasteiger partial charge in [0.05, 0.1) is 7.11 Å². The largest absolute Gasteiger partial charge is 0.483 e. The van der Waals surface area contributed by atoms with Crippen LogP contribution in [0, 0.1) is 19.7 Å². The summed E-state index contributed by atoms with van der Waals surface area (Å²) in [4.78, 5) is 27.2. The van der Waals surface area contributed by atoms with Crippen molar-refractivity contribution in [3.05, 3.63) is 52.6 Å². The number of aromatic nitrogens is 1. The molecule has 1 aromatic carbocycles. The first-order chi connectivity index (χ1) is 10.8. The lowest BCUT2D eigenvalue weighted by molar-refractivity contribution is 0.0594. The summed E-state index contributed by atoms with van der Waals surface area (Å²) in [6.07, 6.45) is -0.779. The molecular formula is C17H18FNO4. The Bertz CT molecular complexity index is 734. The maximum atomic E-state index is 12.9. The summed E-state index contributed by atoms with van der Waals surface area (Å²) < 4.78 is 23.1. The SMILES string of the molecule is COC(=O)c1[nH]c(C)c(C(=O)[C@@H](C)Oc2ccc(F)cc2)c1C. The molecule has 0 aliphatic carbocycles. The Morgan fingerprint density at radius 3 is 2.35 bits per heavy atom. The van der Waals surface area contributed by atoms with Crippen molar-refractivity contribution in [1.29, 1.82) is 0 Å². The van der Waals surface area contributed by atoms with Crippen LogP contribution in [0.15, 0.2) is 24.3 Å². The van der Waals surface area contributed by atoms with Crippen LogP contribution < -0.4 is 4.74 Å². The monoisotopic (exact) mass is 319 g/mol. The predicted molar refractivity (Wildman–Crippen MR) is 82.4 cm³/mol. The van der Waals surface area contributed by atoms with Gasteiger partial charge in [-0.2, -0.15) is 0 Å². The number of hydrogen-bond donors (Lipinski definition) is 1. The maximum Gasteiger partial charge on any atom is 0.354 e. The first-order valence-electron chi connectivity index (χ1n) is 7.09. The Hall–Kier alpha value is -2.63. The topological polar surface area (TPSA) is 68.4 Å². The summed E-state index contributed by atoms with van der Waals surface area (Å²) in [7, 11) is 1.28. The number of carbonyl (C=O) groups excluding carboxylic acids is 2. The number of H-pyrrole nitrogens is 1. The van der Waals surface area contributed by atoms with Crippen LogP contribution in [-0.2, 0) is 4.74 Å². The lowest BCUT2D eigenvalue weighted by Gasteiger charge is -2.14. The van der Waals surface area contributed by atoms with Gasteiger partial charge in [0.1, 0.15) is 17.3 Å². The molecule has 0 bridgehead atoms. The van der Waals surface area contributed by atoms with Crippen molar-refractivity contribution in [3.8, 4) is 5.75 Å². The van der Waals surface area contributed by atoms with Gasteiger partial charge >= 0.3 is 5.97 Å². The van der Waals surface area contributed by atoms with Crippen LogP contribution in [0.3, 0.4) is 0 Å². The van der Waals surface area contributed by atoms with Gasteiger partial charge in [0.25, 0.3) is 0 Å². The normalized spacial score (nSPS) is 11.9. The zero-order chi connectivity index (χ0) is 17.1. The number of carbonyl (C=O) groups is 2. The molecule has 1 aromatic heterocycles. The molecule has 2 aromatic rings. The predicted octanol–water partition coefficient (Wildman–Crippen LogP) is 3.21. The molecule has 1 N–H and O–H groups in total. The third kappa shape index (κ3) is 3.41. The summed E-state index contributed by atoms with van der Waals surface area (Å²) in [6.45, 7) is 4.99. The van der Waals surface area contributed by atoms with E-state index in [0.717, 1.165) is 0 Å². The van der Waals surface area contributed by atoms with Gasteiger partial charge in [0.2, 0.25) is 5.78 Å². The number of aromatic amines is 1. The van der Waals surface area contributed by atoms with E-state index < -0.39 is 12.1 Å². The van der Waals surface area contributed by atoms with E-state index in [1.165, 1.54) is 31.4 Å². The van der Waals surface area contributed by atoms with E-state index in [2.05, 4.69) is 9.72 Å². The van der Waals surface area contributed by atoms with Crippen molar-refractivity contribution in [2.24, 2.45) is 0 Å². The number of halogens is 1. The molecule has 6 heteroatoms. The number of ether oxygens (including phenoxy) is 2. The molecule has 0 saturated heterocycles. The number of hydrogen-bond acceptors (Lipinski definition) is 4. The fraction of sp³-hybridized carbons (Fsp3) is 0.294. The zero-order valence-electron chi connectivity index (χ0n) is 13.4. The third-order valence-corrected chi connectivity index (χ3v) is 3.57. The molecule has 0 unspecified atom stereocenters. The van der Waals surface area contributed by atoms with Crippen molar-refractivity contribution in [2.45, 2.75) is 26.9 Å². The minimum Gasteiger partial charge on any atom is -0.483 e. The number of rotatable bonds is 5. The molecule has 0 aliphatic heterocycles. The fourth-order valence-electron chi connectivity index (χ4n) is 2.40. The van der Waals surface area contributed by atoms with E-state index in [-0.39, 0.29) is 17.3 Å². The molecular weight excluding hydrogens is 301 g/mol. The minimum atomic E-state index is -0.779. The van der Waals surface area contributed by atoms with E-state index in [0.29, 0.717) is 22.6 Å². The zero-order valence-corrected chi connectivity index (χ0v) is 13.4. The van der Waals surface area contributed by atoms with Crippen LogP contribution in [0.25, 0.3) is 0 Å². The number of Topliss-reactive ketones (excluding diaryl/α,β-unsaturated/α-hetero) is 1. The highest BCUT2D eigenvalue weighted by Crippen LogP contribution is 2.22. The van der Waals surface area contributed by atoms with Crippen molar-refractivity contribution >= 4 is 11.8 Å². The number of benzene rings is 1. The number of methoxy groups -OCH3 is 1. The first-order valence-corrected chi connectivity index (χ1v) is 7.09. The van der Waals surface area contributed by atoms with Gasteiger partial charge in [0, 0.05) is 11.3 Å². The fourth-order valence-corrected chi connectivity index (χ4v) is 2.40. The molecule has 0 amide bonds. The Balaban J connectivity index is 2.24. The molecule has 122 valence electrons. The Morgan fingerprint density at radius 1 is 1.17 bits per heavy atom. The highest BCUT2D eigenvalue weighted by atomic mass is 19.1. The van der Waals surface area contributed by atoms with Gasteiger partial charge in [-0.05, 0) is 50.6 Å². The van der Waals surface area contributed by atoms with Crippen LogP contribution in [0.2, 0.25) is 0 Å². The number of nitrogens with one attached hydrogen (secondary N) is 1. The second-order valence-corrected chi connectivity index (χ2v) is 5.19. The van der Waals surface area contributed by atoms with Gasteiger partial charge in [-0.15, -0.1) is 0 Å². The average molecular weight is 319 g/mol. The van der Waals surface area contributed by atoms with Gasteiger partial charge in [0.15, 0.2) is 6.10 Å². The molecule has 5 nitrogen and oxygen atoms in total. The summed E-state index contributed by atoms with van der Waals surface area (Å²) in [5.41, 5.74) is 1.75. The maximum absolute atomic E-state index is 12.9. The van der Waals surface area contributed by atoms with E-state index >= 15 is 0 Å². The Labute approximate surface area is 133 Å². The average Bonchev–Trinajstić information content (AvgIpc) is 2.82. The van der Waals surface area contributed by atoms with Crippen molar-refractivity contribution in [2.75, 3.05) is 7.11 Å². The van der Waals surface area contributed by atoms with Crippen molar-refractivity contribution in [1.82, 2.24) is 4.98 Å². The van der Waals surface area contributed by atoms with Crippen molar-refractivity contribution < 1.29 is 23.5 Å². The molecule has 0 saturated carbocycles. The summed E-state index contributed by atoms with van der Waals surface area (Å²) in [5, 5.41) is 0. The standard InChI is InChI=1S/C17H18FNO4/c1-9-14(10(2)19-15(9)17(21)22-4)16(20)11(3)23-13-7-5-12(18)6-8-13/h5-8,11,19H,1-4H3/t11-/m1/s1. The molecule has 0 radical (unpaired) electrons. The van der Waals surface area contributed by atoms with Crippen LogP contribution in [0.4, 0.5) is 4.39 Å². The molecule has 0 spiro atoms. The molecule has 1 heterocycles. The van der Waals surface area contributed by atoms with Gasteiger partial charge in [-0.3, -0.25) is 4.79 Å². The molecule has 0 fully saturated rings. The molecule has 0 aliphatic rings. The van der Waals surface area contributed by atoms with E-state index in [9.17, 15) is 14.0 Å². The van der Waals surface area contributed by atoms with Gasteiger partial charge < -0.3 is 14.5 Å². The number of aryl methyl sites for hydroxylation is 1. The summed E-state index contributed by atoms with van der Waals surface area (Å²) in [6, 6.07) is 5.43. The van der Waals surface area contributed by atoms with E-state index in [4.69, 9.17) is 4.74 Å². The highest BCUT2D eigenvalue weighted by molar-refractivity contribution is 6.04. The molecule has 2 rings (SSSR count). The molecule has 1 atom stereocenters. The lowest BCUT2D eigenvalue weighted by Crippen LogP contribution is -2.25. The van der Waals surface area contributed by atoms with Crippen molar-refractivity contribution in [3.63, 3.8) is 0 Å². The lowest BCUT2D eigenvalue weighted by atomic mass is 10.0. The van der Waals surface area contributed by atoms with Crippen LogP contribution in [-0.4, -0.2) is 30.0 Å². The van der Waals surface area contributed by atoms with Crippen LogP contribution in [0.1, 0.15) is 39.0 Å². The summed E-state index contributed by atoms with van der Waals surface area (Å²) >= 11 is 0. The first kappa shape index (κ1) is 16.7. The minimum absolute atomic E-state index is 0.252. The van der Waals surface area contributed by atoms with Crippen LogP contribution in [0.5, 0.6) is 5.75 Å². The second kappa shape index (κ2) is 6.64. The Kier molecular flexibility index (Phi) is 4.83. The summed E-state index contributed by atoms with van der Waals surface area (Å²) in [5.74, 6) is -0.782. The Morgan fingerprint density at radius 2 is 1.78 bits per heavy atom.